The third kappa shape index (κ3) is 3.23. The van der Waals surface area contributed by atoms with Gasteiger partial charge in [-0.05, 0) is 26.7 Å². The van der Waals surface area contributed by atoms with Gasteiger partial charge in [-0.1, -0.05) is 6.92 Å². The van der Waals surface area contributed by atoms with Crippen molar-refractivity contribution < 1.29 is 9.84 Å². The lowest BCUT2D eigenvalue weighted by atomic mass is 10.1. The van der Waals surface area contributed by atoms with Crippen molar-refractivity contribution in [3.63, 3.8) is 0 Å². The van der Waals surface area contributed by atoms with Crippen molar-refractivity contribution in [1.29, 1.82) is 0 Å². The maximum Gasteiger partial charge on any atom is 0.0622 e. The molecule has 84 valence electrons. The maximum absolute atomic E-state index is 9.35. The number of aliphatic hydroxyl groups excluding tert-OH is 1. The SMILES string of the molecule is CCC1COCCN1C(C)CC(C)O. The van der Waals surface area contributed by atoms with Gasteiger partial charge in [0.1, 0.15) is 0 Å². The van der Waals surface area contributed by atoms with Crippen LogP contribution < -0.4 is 0 Å². The Balaban J connectivity index is 2.45. The number of ether oxygens (including phenoxy) is 1. The molecule has 3 unspecified atom stereocenters. The summed E-state index contributed by atoms with van der Waals surface area (Å²) in [6.45, 7) is 8.94. The molecule has 1 fully saturated rings. The lowest BCUT2D eigenvalue weighted by Crippen LogP contribution is -2.50. The molecule has 0 aliphatic carbocycles. The van der Waals surface area contributed by atoms with E-state index in [1.54, 1.807) is 0 Å². The summed E-state index contributed by atoms with van der Waals surface area (Å²) in [5.74, 6) is 0. The highest BCUT2D eigenvalue weighted by Crippen LogP contribution is 2.16. The van der Waals surface area contributed by atoms with Crippen molar-refractivity contribution in [2.24, 2.45) is 0 Å². The summed E-state index contributed by atoms with van der Waals surface area (Å²) in [7, 11) is 0. The van der Waals surface area contributed by atoms with Crippen molar-refractivity contribution in [1.82, 2.24) is 4.90 Å². The van der Waals surface area contributed by atoms with E-state index in [2.05, 4.69) is 18.7 Å². The lowest BCUT2D eigenvalue weighted by Gasteiger charge is -2.39. The minimum absolute atomic E-state index is 0.203. The molecule has 1 saturated heterocycles. The Morgan fingerprint density at radius 3 is 2.79 bits per heavy atom. The molecule has 3 atom stereocenters. The minimum Gasteiger partial charge on any atom is -0.393 e. The highest BCUT2D eigenvalue weighted by atomic mass is 16.5. The Morgan fingerprint density at radius 2 is 2.21 bits per heavy atom. The Hall–Kier alpha value is -0.120. The molecule has 0 amide bonds. The normalized spacial score (nSPS) is 28.7. The van der Waals surface area contributed by atoms with Crippen LogP contribution in [-0.4, -0.2) is 48.0 Å². The molecule has 1 aliphatic heterocycles. The number of nitrogens with zero attached hydrogens (tertiary/aromatic N) is 1. The molecule has 14 heavy (non-hydrogen) atoms. The highest BCUT2D eigenvalue weighted by molar-refractivity contribution is 4.79. The zero-order chi connectivity index (χ0) is 10.6. The summed E-state index contributed by atoms with van der Waals surface area (Å²) >= 11 is 0. The van der Waals surface area contributed by atoms with E-state index in [1.807, 2.05) is 6.92 Å². The fourth-order valence-corrected chi connectivity index (χ4v) is 2.23. The van der Waals surface area contributed by atoms with Gasteiger partial charge in [-0.25, -0.2) is 0 Å². The summed E-state index contributed by atoms with van der Waals surface area (Å²) < 4.78 is 5.45. The topological polar surface area (TPSA) is 32.7 Å². The number of hydrogen-bond donors (Lipinski definition) is 1. The number of aliphatic hydroxyl groups is 1. The van der Waals surface area contributed by atoms with Crippen molar-refractivity contribution in [3.05, 3.63) is 0 Å². The van der Waals surface area contributed by atoms with Crippen LogP contribution >= 0.6 is 0 Å². The zero-order valence-electron chi connectivity index (χ0n) is 9.57. The van der Waals surface area contributed by atoms with Crippen LogP contribution in [0.5, 0.6) is 0 Å². The van der Waals surface area contributed by atoms with Crippen molar-refractivity contribution in [2.45, 2.75) is 51.8 Å². The summed E-state index contributed by atoms with van der Waals surface area (Å²) in [6, 6.07) is 1.00. The first-order valence-corrected chi connectivity index (χ1v) is 5.66. The molecule has 0 spiro atoms. The predicted octanol–water partition coefficient (Wildman–Crippen LogP) is 1.26. The Morgan fingerprint density at radius 1 is 1.50 bits per heavy atom. The van der Waals surface area contributed by atoms with Crippen LogP contribution in [0.25, 0.3) is 0 Å². The van der Waals surface area contributed by atoms with Crippen molar-refractivity contribution in [2.75, 3.05) is 19.8 Å². The summed E-state index contributed by atoms with van der Waals surface area (Å²) in [5.41, 5.74) is 0. The average Bonchev–Trinajstić information content (AvgIpc) is 2.16. The van der Waals surface area contributed by atoms with E-state index in [9.17, 15) is 5.11 Å². The number of rotatable bonds is 4. The van der Waals surface area contributed by atoms with E-state index in [-0.39, 0.29) is 6.10 Å². The van der Waals surface area contributed by atoms with Gasteiger partial charge in [0.15, 0.2) is 0 Å². The summed E-state index contributed by atoms with van der Waals surface area (Å²) in [4.78, 5) is 2.47. The molecule has 3 nitrogen and oxygen atoms in total. The van der Waals surface area contributed by atoms with Gasteiger partial charge >= 0.3 is 0 Å². The Labute approximate surface area is 87.1 Å². The van der Waals surface area contributed by atoms with Gasteiger partial charge < -0.3 is 9.84 Å². The molecule has 0 aromatic carbocycles. The third-order valence-electron chi connectivity index (χ3n) is 2.99. The molecule has 1 N–H and O–H groups in total. The molecule has 0 aromatic heterocycles. The fraction of sp³-hybridized carbons (Fsp3) is 1.00. The Bertz CT molecular complexity index is 161. The molecular weight excluding hydrogens is 178 g/mol. The third-order valence-corrected chi connectivity index (χ3v) is 2.99. The minimum atomic E-state index is -0.203. The van der Waals surface area contributed by atoms with Gasteiger partial charge in [0, 0.05) is 18.6 Å². The largest absolute Gasteiger partial charge is 0.393 e. The molecule has 0 aromatic rings. The van der Waals surface area contributed by atoms with Crippen LogP contribution in [0.1, 0.15) is 33.6 Å². The van der Waals surface area contributed by atoms with Crippen molar-refractivity contribution >= 4 is 0 Å². The lowest BCUT2D eigenvalue weighted by molar-refractivity contribution is -0.0344. The van der Waals surface area contributed by atoms with Crippen LogP contribution in [0.15, 0.2) is 0 Å². The van der Waals surface area contributed by atoms with E-state index in [1.165, 1.54) is 0 Å². The van der Waals surface area contributed by atoms with Crippen LogP contribution in [0.2, 0.25) is 0 Å². The van der Waals surface area contributed by atoms with Crippen LogP contribution in [0.3, 0.4) is 0 Å². The zero-order valence-corrected chi connectivity index (χ0v) is 9.57. The van der Waals surface area contributed by atoms with Crippen LogP contribution in [-0.2, 0) is 4.74 Å². The first-order valence-electron chi connectivity index (χ1n) is 5.66. The smallest absolute Gasteiger partial charge is 0.0622 e. The van der Waals surface area contributed by atoms with Gasteiger partial charge in [-0.3, -0.25) is 4.90 Å². The quantitative estimate of drug-likeness (QED) is 0.743. The van der Waals surface area contributed by atoms with E-state index < -0.39 is 0 Å². The standard InChI is InChI=1S/C11H23NO2/c1-4-11-8-14-6-5-12(11)9(2)7-10(3)13/h9-11,13H,4-8H2,1-3H3. The molecule has 1 rings (SSSR count). The molecule has 0 bridgehead atoms. The molecular formula is C11H23NO2. The van der Waals surface area contributed by atoms with Gasteiger partial charge in [0.2, 0.25) is 0 Å². The second-order valence-corrected chi connectivity index (χ2v) is 4.31. The van der Waals surface area contributed by atoms with E-state index >= 15 is 0 Å². The van der Waals surface area contributed by atoms with Crippen molar-refractivity contribution in [3.8, 4) is 0 Å². The predicted molar refractivity (Wildman–Crippen MR) is 57.4 cm³/mol. The first kappa shape index (κ1) is 12.0. The van der Waals surface area contributed by atoms with Gasteiger partial charge in [-0.2, -0.15) is 0 Å². The summed E-state index contributed by atoms with van der Waals surface area (Å²) in [5, 5.41) is 9.35. The van der Waals surface area contributed by atoms with E-state index in [0.29, 0.717) is 12.1 Å². The fourth-order valence-electron chi connectivity index (χ4n) is 2.23. The second-order valence-electron chi connectivity index (χ2n) is 4.31. The Kier molecular flexibility index (Phi) is 4.85. The molecule has 0 saturated carbocycles. The molecule has 1 aliphatic rings. The second kappa shape index (κ2) is 5.69. The van der Waals surface area contributed by atoms with E-state index in [4.69, 9.17) is 4.74 Å². The molecule has 1 heterocycles. The molecule has 0 radical (unpaired) electrons. The highest BCUT2D eigenvalue weighted by Gasteiger charge is 2.26. The average molecular weight is 201 g/mol. The first-order chi connectivity index (χ1) is 6.65. The summed E-state index contributed by atoms with van der Waals surface area (Å²) in [6.07, 6.45) is 1.78. The maximum atomic E-state index is 9.35. The van der Waals surface area contributed by atoms with Gasteiger partial charge in [-0.15, -0.1) is 0 Å². The van der Waals surface area contributed by atoms with E-state index in [0.717, 1.165) is 32.6 Å². The van der Waals surface area contributed by atoms with Crippen LogP contribution in [0, 0.1) is 0 Å². The molecule has 3 heteroatoms. The van der Waals surface area contributed by atoms with Crippen LogP contribution in [0.4, 0.5) is 0 Å². The number of hydrogen-bond acceptors (Lipinski definition) is 3. The number of morpholine rings is 1. The monoisotopic (exact) mass is 201 g/mol. The van der Waals surface area contributed by atoms with Gasteiger partial charge in [0.25, 0.3) is 0 Å². The van der Waals surface area contributed by atoms with Gasteiger partial charge in [0.05, 0.1) is 19.3 Å².